The van der Waals surface area contributed by atoms with Crippen molar-refractivity contribution in [3.8, 4) is 29.2 Å². The zero-order chi connectivity index (χ0) is 22.0. The van der Waals surface area contributed by atoms with E-state index < -0.39 is 5.92 Å². The van der Waals surface area contributed by atoms with Crippen LogP contribution >= 0.6 is 0 Å². The van der Waals surface area contributed by atoms with E-state index in [9.17, 15) is 5.26 Å². The predicted molar refractivity (Wildman–Crippen MR) is 113 cm³/mol. The van der Waals surface area contributed by atoms with Crippen LogP contribution in [0.4, 0.5) is 0 Å². The Morgan fingerprint density at radius 2 is 1.87 bits per heavy atom. The van der Waals surface area contributed by atoms with E-state index in [0.29, 0.717) is 23.8 Å². The summed E-state index contributed by atoms with van der Waals surface area (Å²) >= 11 is 0. The van der Waals surface area contributed by atoms with Gasteiger partial charge in [-0.1, -0.05) is 12.1 Å². The fraction of sp³-hybridized carbons (Fsp3) is 0.217. The molecule has 0 fully saturated rings. The number of aryl methyl sites for hydroxylation is 1. The van der Waals surface area contributed by atoms with Crippen molar-refractivity contribution in [3.05, 3.63) is 76.3 Å². The van der Waals surface area contributed by atoms with E-state index in [1.807, 2.05) is 49.4 Å². The number of fused-ring (bicyclic) bond motifs is 1. The van der Waals surface area contributed by atoms with Crippen molar-refractivity contribution < 1.29 is 18.9 Å². The molecular formula is C23H22N4O4. The second kappa shape index (κ2) is 8.32. The highest BCUT2D eigenvalue weighted by Crippen LogP contribution is 2.43. The Kier molecular flexibility index (Phi) is 5.41. The van der Waals surface area contributed by atoms with Crippen LogP contribution in [0.1, 0.15) is 28.3 Å². The molecule has 158 valence electrons. The summed E-state index contributed by atoms with van der Waals surface area (Å²) in [4.78, 5) is 0. The predicted octanol–water partition coefficient (Wildman–Crippen LogP) is 3.53. The third-order valence-electron chi connectivity index (χ3n) is 5.23. The van der Waals surface area contributed by atoms with E-state index in [2.05, 4.69) is 16.3 Å². The number of hydrogen-bond acceptors (Lipinski definition) is 7. The van der Waals surface area contributed by atoms with Crippen LogP contribution in [-0.4, -0.2) is 24.4 Å². The van der Waals surface area contributed by atoms with Crippen LogP contribution in [0.2, 0.25) is 0 Å². The summed E-state index contributed by atoms with van der Waals surface area (Å²) in [5.41, 5.74) is 9.64. The molecule has 1 aliphatic rings. The van der Waals surface area contributed by atoms with E-state index in [1.165, 1.54) is 0 Å². The molecule has 3 N–H and O–H groups in total. The quantitative estimate of drug-likeness (QED) is 0.629. The maximum Gasteiger partial charge on any atom is 0.244 e. The minimum absolute atomic E-state index is 0.0531. The first-order chi connectivity index (χ1) is 15.0. The third-order valence-corrected chi connectivity index (χ3v) is 5.23. The maximum atomic E-state index is 9.72. The molecule has 3 aromatic rings. The van der Waals surface area contributed by atoms with Gasteiger partial charge >= 0.3 is 0 Å². The number of nitrogens with zero attached hydrogens (tertiary/aromatic N) is 2. The van der Waals surface area contributed by atoms with E-state index in [0.717, 1.165) is 33.9 Å². The van der Waals surface area contributed by atoms with Gasteiger partial charge in [0.1, 0.15) is 35.5 Å². The number of methoxy groups -OCH3 is 2. The summed E-state index contributed by atoms with van der Waals surface area (Å²) in [6.45, 7) is 2.20. The molecule has 1 aromatic heterocycles. The van der Waals surface area contributed by atoms with Gasteiger partial charge < -0.3 is 24.7 Å². The Labute approximate surface area is 179 Å². The van der Waals surface area contributed by atoms with Crippen molar-refractivity contribution in [2.75, 3.05) is 14.2 Å². The van der Waals surface area contributed by atoms with Gasteiger partial charge in [-0.3, -0.25) is 5.10 Å². The molecule has 0 bridgehead atoms. The minimum atomic E-state index is -0.405. The van der Waals surface area contributed by atoms with Crippen LogP contribution in [0.5, 0.6) is 23.1 Å². The van der Waals surface area contributed by atoms with Crippen molar-refractivity contribution in [1.29, 1.82) is 5.26 Å². The molecule has 4 rings (SSSR count). The number of hydrogen-bond donors (Lipinski definition) is 2. The first-order valence-corrected chi connectivity index (χ1v) is 9.61. The summed E-state index contributed by atoms with van der Waals surface area (Å²) in [5, 5.41) is 16.8. The average Bonchev–Trinajstić information content (AvgIpc) is 3.16. The number of nitrogens with one attached hydrogen (secondary N) is 1. The molecule has 0 spiro atoms. The molecule has 0 aliphatic carbocycles. The largest absolute Gasteiger partial charge is 0.497 e. The summed E-state index contributed by atoms with van der Waals surface area (Å²) in [7, 11) is 3.22. The molecule has 2 aromatic carbocycles. The average molecular weight is 418 g/mol. The number of allylic oxidation sites excluding steroid dienone is 1. The van der Waals surface area contributed by atoms with Crippen LogP contribution in [0.25, 0.3) is 0 Å². The van der Waals surface area contributed by atoms with Crippen LogP contribution in [-0.2, 0) is 6.61 Å². The molecule has 1 aliphatic heterocycles. The minimum Gasteiger partial charge on any atom is -0.497 e. The number of H-pyrrole nitrogens is 1. The number of nitrogens with two attached hydrogens (primary N) is 1. The number of aromatic nitrogens is 2. The highest BCUT2D eigenvalue weighted by Gasteiger charge is 2.34. The second-order valence-electron chi connectivity index (χ2n) is 7.03. The summed E-state index contributed by atoms with van der Waals surface area (Å²) in [5.74, 6) is 2.16. The summed E-state index contributed by atoms with van der Waals surface area (Å²) < 4.78 is 22.2. The van der Waals surface area contributed by atoms with Gasteiger partial charge in [0.15, 0.2) is 0 Å². The SMILES string of the molecule is COc1ccc(OCc2ccc([C@H]3C(C#N)=C(N)Oc4n[nH]c(C)c43)cc2OC)cc1. The van der Waals surface area contributed by atoms with Crippen LogP contribution in [0, 0.1) is 18.3 Å². The van der Waals surface area contributed by atoms with Gasteiger partial charge in [-0.25, -0.2) is 0 Å². The Hall–Kier alpha value is -4.12. The number of ether oxygens (including phenoxy) is 4. The molecule has 0 unspecified atom stereocenters. The van der Waals surface area contributed by atoms with Gasteiger partial charge in [-0.05, 0) is 42.8 Å². The molecular weight excluding hydrogens is 396 g/mol. The topological polar surface area (TPSA) is 115 Å². The van der Waals surface area contributed by atoms with Gasteiger partial charge in [-0.15, -0.1) is 5.10 Å². The second-order valence-corrected chi connectivity index (χ2v) is 7.03. The normalized spacial score (nSPS) is 15.0. The van der Waals surface area contributed by atoms with Crippen molar-refractivity contribution >= 4 is 0 Å². The fourth-order valence-corrected chi connectivity index (χ4v) is 3.62. The van der Waals surface area contributed by atoms with Crippen LogP contribution < -0.4 is 24.7 Å². The van der Waals surface area contributed by atoms with E-state index in [-0.39, 0.29) is 5.88 Å². The number of aromatic amines is 1. The molecule has 31 heavy (non-hydrogen) atoms. The fourth-order valence-electron chi connectivity index (χ4n) is 3.62. The van der Waals surface area contributed by atoms with Crippen molar-refractivity contribution in [2.24, 2.45) is 5.73 Å². The summed E-state index contributed by atoms with van der Waals surface area (Å²) in [6.07, 6.45) is 0. The summed E-state index contributed by atoms with van der Waals surface area (Å²) in [6, 6.07) is 15.3. The standard InChI is InChI=1S/C23H22N4O4/c1-13-20-21(18(11-24)22(25)31-23(20)27-26-13)14-4-5-15(19(10-14)29-3)12-30-17-8-6-16(28-2)7-9-17/h4-10,21H,12,25H2,1-3H3,(H,26,27)/t21-/m0/s1. The van der Waals surface area contributed by atoms with Gasteiger partial charge in [0.05, 0.1) is 20.1 Å². The Bertz CT molecular complexity index is 1180. The molecule has 8 nitrogen and oxygen atoms in total. The van der Waals surface area contributed by atoms with E-state index in [4.69, 9.17) is 24.7 Å². The van der Waals surface area contributed by atoms with Crippen LogP contribution in [0.15, 0.2) is 53.9 Å². The monoisotopic (exact) mass is 418 g/mol. The van der Waals surface area contributed by atoms with Crippen molar-refractivity contribution in [3.63, 3.8) is 0 Å². The third kappa shape index (κ3) is 3.73. The van der Waals surface area contributed by atoms with Crippen LogP contribution in [0.3, 0.4) is 0 Å². The number of benzene rings is 2. The molecule has 0 amide bonds. The lowest BCUT2D eigenvalue weighted by atomic mass is 9.84. The zero-order valence-electron chi connectivity index (χ0n) is 17.4. The maximum absolute atomic E-state index is 9.72. The first kappa shape index (κ1) is 20.2. The molecule has 8 heteroatoms. The highest BCUT2D eigenvalue weighted by atomic mass is 16.5. The lowest BCUT2D eigenvalue weighted by molar-refractivity contribution is 0.296. The van der Waals surface area contributed by atoms with Gasteiger partial charge in [-0.2, -0.15) is 5.26 Å². The Balaban J connectivity index is 1.64. The lowest BCUT2D eigenvalue weighted by Crippen LogP contribution is -2.21. The van der Waals surface area contributed by atoms with Gasteiger partial charge in [0.25, 0.3) is 0 Å². The molecule has 0 saturated heterocycles. The first-order valence-electron chi connectivity index (χ1n) is 9.61. The number of rotatable bonds is 6. The molecule has 0 saturated carbocycles. The Morgan fingerprint density at radius 3 is 2.55 bits per heavy atom. The number of nitriles is 1. The molecule has 2 heterocycles. The van der Waals surface area contributed by atoms with Gasteiger partial charge in [0.2, 0.25) is 11.8 Å². The van der Waals surface area contributed by atoms with Crippen molar-refractivity contribution in [1.82, 2.24) is 10.2 Å². The highest BCUT2D eigenvalue weighted by molar-refractivity contribution is 5.56. The lowest BCUT2D eigenvalue weighted by Gasteiger charge is -2.24. The van der Waals surface area contributed by atoms with E-state index in [1.54, 1.807) is 14.2 Å². The van der Waals surface area contributed by atoms with E-state index >= 15 is 0 Å². The molecule has 1 atom stereocenters. The van der Waals surface area contributed by atoms with Gasteiger partial charge in [0, 0.05) is 16.8 Å². The smallest absolute Gasteiger partial charge is 0.244 e. The Morgan fingerprint density at radius 1 is 1.13 bits per heavy atom. The zero-order valence-corrected chi connectivity index (χ0v) is 17.4. The van der Waals surface area contributed by atoms with Crippen molar-refractivity contribution in [2.45, 2.75) is 19.4 Å². The molecule has 0 radical (unpaired) electrons.